The van der Waals surface area contributed by atoms with Crippen molar-refractivity contribution in [1.82, 2.24) is 15.3 Å². The zero-order valence-electron chi connectivity index (χ0n) is 18.9. The Kier molecular flexibility index (Phi) is 7.34. The van der Waals surface area contributed by atoms with Gasteiger partial charge < -0.3 is 10.6 Å². The van der Waals surface area contributed by atoms with E-state index in [9.17, 15) is 27.2 Å². The van der Waals surface area contributed by atoms with Crippen molar-refractivity contribution in [2.24, 2.45) is 0 Å². The van der Waals surface area contributed by atoms with Crippen LogP contribution in [0.25, 0.3) is 0 Å². The van der Waals surface area contributed by atoms with Crippen LogP contribution in [0.4, 0.5) is 15.9 Å². The Morgan fingerprint density at radius 3 is 2.56 bits per heavy atom. The number of anilines is 2. The number of hydrogen-bond acceptors (Lipinski definition) is 7. The summed E-state index contributed by atoms with van der Waals surface area (Å²) >= 11 is 0. The van der Waals surface area contributed by atoms with Gasteiger partial charge in [-0.3, -0.25) is 19.3 Å². The van der Waals surface area contributed by atoms with Crippen LogP contribution in [-0.2, 0) is 19.4 Å². The minimum Gasteiger partial charge on any atom is -0.351 e. The van der Waals surface area contributed by atoms with Gasteiger partial charge in [-0.2, -0.15) is 0 Å². The lowest BCUT2D eigenvalue weighted by molar-refractivity contribution is -0.116. The maximum absolute atomic E-state index is 12.9. The second kappa shape index (κ2) is 10.6. The first-order chi connectivity index (χ1) is 17.2. The number of pyridine rings is 2. The molecule has 2 N–H and O–H groups in total. The normalized spacial score (nSPS) is 16.5. The second-order valence-corrected chi connectivity index (χ2v) is 10.0. The summed E-state index contributed by atoms with van der Waals surface area (Å²) < 4.78 is 38.5. The van der Waals surface area contributed by atoms with Crippen molar-refractivity contribution >= 4 is 39.1 Å². The number of sulfone groups is 1. The van der Waals surface area contributed by atoms with Gasteiger partial charge in [0.2, 0.25) is 11.8 Å². The Bertz CT molecular complexity index is 1380. The van der Waals surface area contributed by atoms with Gasteiger partial charge in [0.05, 0.1) is 5.69 Å². The molecule has 3 heterocycles. The van der Waals surface area contributed by atoms with Crippen molar-refractivity contribution in [2.75, 3.05) is 22.5 Å². The SMILES string of the molecule is O=C(CCCNC(=O)c1cccc(C2N(c3ccccn3)C(=O)CS2(=O)=O)n1)Nc1ccc(F)cc1. The number of carbonyl (C=O) groups excluding carboxylic acids is 3. The summed E-state index contributed by atoms with van der Waals surface area (Å²) in [7, 11) is -3.91. The van der Waals surface area contributed by atoms with Gasteiger partial charge in [0.25, 0.3) is 5.91 Å². The van der Waals surface area contributed by atoms with Crippen molar-refractivity contribution < 1.29 is 27.2 Å². The summed E-state index contributed by atoms with van der Waals surface area (Å²) in [4.78, 5) is 46.5. The summed E-state index contributed by atoms with van der Waals surface area (Å²) in [5, 5.41) is 3.87. The Labute approximate surface area is 206 Å². The van der Waals surface area contributed by atoms with E-state index in [-0.39, 0.29) is 36.1 Å². The van der Waals surface area contributed by atoms with Gasteiger partial charge in [-0.05, 0) is 55.0 Å². The molecule has 186 valence electrons. The molecular formula is C24H22FN5O5S. The zero-order chi connectivity index (χ0) is 25.7. The minimum atomic E-state index is -3.91. The van der Waals surface area contributed by atoms with Crippen LogP contribution >= 0.6 is 0 Å². The highest BCUT2D eigenvalue weighted by Crippen LogP contribution is 2.35. The standard InChI is InChI=1S/C24H22FN5O5S/c25-16-9-11-17(12-10-16)28-21(31)8-4-14-27-23(33)18-5-3-6-19(29-18)24-30(20-7-1-2-13-26-20)22(32)15-36(24,34)35/h1-3,5-7,9-13,24H,4,8,14-15H2,(H,27,33)(H,28,31). The Balaban J connectivity index is 1.38. The molecule has 10 nitrogen and oxygen atoms in total. The molecule has 1 fully saturated rings. The van der Waals surface area contributed by atoms with Gasteiger partial charge in [-0.15, -0.1) is 0 Å². The number of carbonyl (C=O) groups is 3. The number of nitrogens with one attached hydrogen (secondary N) is 2. The number of benzene rings is 1. The van der Waals surface area contributed by atoms with Gasteiger partial charge in [-0.25, -0.2) is 22.8 Å². The third kappa shape index (κ3) is 5.71. The third-order valence-corrected chi connectivity index (χ3v) is 7.10. The summed E-state index contributed by atoms with van der Waals surface area (Å²) in [5.74, 6) is -2.40. The van der Waals surface area contributed by atoms with E-state index in [0.717, 1.165) is 4.90 Å². The van der Waals surface area contributed by atoms with Gasteiger partial charge in [-0.1, -0.05) is 12.1 Å². The van der Waals surface area contributed by atoms with Crippen LogP contribution in [-0.4, -0.2) is 48.4 Å². The first-order valence-corrected chi connectivity index (χ1v) is 12.7. The molecule has 3 aromatic rings. The molecule has 0 radical (unpaired) electrons. The minimum absolute atomic E-state index is 0.0258. The predicted molar refractivity (Wildman–Crippen MR) is 129 cm³/mol. The first kappa shape index (κ1) is 24.9. The fourth-order valence-corrected chi connectivity index (χ4v) is 5.37. The average molecular weight is 512 g/mol. The van der Waals surface area contributed by atoms with E-state index in [0.29, 0.717) is 12.1 Å². The molecule has 0 spiro atoms. The van der Waals surface area contributed by atoms with E-state index in [4.69, 9.17) is 0 Å². The van der Waals surface area contributed by atoms with Crippen LogP contribution < -0.4 is 15.5 Å². The van der Waals surface area contributed by atoms with Crippen LogP contribution in [0.3, 0.4) is 0 Å². The largest absolute Gasteiger partial charge is 0.351 e. The molecular weight excluding hydrogens is 489 g/mol. The van der Waals surface area contributed by atoms with E-state index in [1.54, 1.807) is 12.1 Å². The average Bonchev–Trinajstić information content (AvgIpc) is 3.11. The molecule has 2 aromatic heterocycles. The highest BCUT2D eigenvalue weighted by Gasteiger charge is 2.47. The smallest absolute Gasteiger partial charge is 0.269 e. The van der Waals surface area contributed by atoms with Gasteiger partial charge in [0.1, 0.15) is 23.1 Å². The first-order valence-electron chi connectivity index (χ1n) is 11.0. The Morgan fingerprint density at radius 2 is 1.83 bits per heavy atom. The molecule has 0 aliphatic carbocycles. The molecule has 1 aliphatic heterocycles. The number of rotatable bonds is 8. The highest BCUT2D eigenvalue weighted by atomic mass is 32.2. The Morgan fingerprint density at radius 1 is 1.06 bits per heavy atom. The molecule has 1 saturated heterocycles. The fourth-order valence-electron chi connectivity index (χ4n) is 3.69. The van der Waals surface area contributed by atoms with Crippen molar-refractivity contribution in [3.8, 4) is 0 Å². The van der Waals surface area contributed by atoms with Crippen LogP contribution in [0, 0.1) is 5.82 Å². The molecule has 1 aliphatic rings. The van der Waals surface area contributed by atoms with Crippen LogP contribution in [0.15, 0.2) is 66.9 Å². The van der Waals surface area contributed by atoms with E-state index >= 15 is 0 Å². The molecule has 3 amide bonds. The Hall–Kier alpha value is -4.19. The summed E-state index contributed by atoms with van der Waals surface area (Å²) in [5.41, 5.74) is 0.461. The van der Waals surface area contributed by atoms with Crippen LogP contribution in [0.1, 0.15) is 34.4 Å². The van der Waals surface area contributed by atoms with E-state index in [1.165, 1.54) is 54.7 Å². The molecule has 1 unspecified atom stereocenters. The zero-order valence-corrected chi connectivity index (χ0v) is 19.7. The lowest BCUT2D eigenvalue weighted by Gasteiger charge is -2.22. The maximum Gasteiger partial charge on any atom is 0.269 e. The molecule has 0 bridgehead atoms. The molecule has 12 heteroatoms. The lowest BCUT2D eigenvalue weighted by atomic mass is 10.2. The number of amides is 3. The number of aromatic nitrogens is 2. The summed E-state index contributed by atoms with van der Waals surface area (Å²) in [6, 6.07) is 14.5. The van der Waals surface area contributed by atoms with E-state index in [2.05, 4.69) is 20.6 Å². The quantitative estimate of drug-likeness (QED) is 0.442. The van der Waals surface area contributed by atoms with Crippen LogP contribution in [0.5, 0.6) is 0 Å². The number of nitrogens with zero attached hydrogens (tertiary/aromatic N) is 3. The third-order valence-electron chi connectivity index (χ3n) is 5.31. The topological polar surface area (TPSA) is 138 Å². The molecule has 0 saturated carbocycles. The highest BCUT2D eigenvalue weighted by molar-refractivity contribution is 7.93. The van der Waals surface area contributed by atoms with Gasteiger partial charge in [0, 0.05) is 24.8 Å². The van der Waals surface area contributed by atoms with Crippen molar-refractivity contribution in [2.45, 2.75) is 18.2 Å². The predicted octanol–water partition coefficient (Wildman–Crippen LogP) is 2.22. The summed E-state index contributed by atoms with van der Waals surface area (Å²) in [6.07, 6.45) is 1.89. The van der Waals surface area contributed by atoms with E-state index < -0.39 is 38.6 Å². The van der Waals surface area contributed by atoms with Crippen molar-refractivity contribution in [1.29, 1.82) is 0 Å². The van der Waals surface area contributed by atoms with Gasteiger partial charge >= 0.3 is 0 Å². The molecule has 36 heavy (non-hydrogen) atoms. The summed E-state index contributed by atoms with van der Waals surface area (Å²) in [6.45, 7) is 0.169. The number of halogens is 1. The van der Waals surface area contributed by atoms with Crippen LogP contribution in [0.2, 0.25) is 0 Å². The number of hydrogen-bond donors (Lipinski definition) is 2. The maximum atomic E-state index is 12.9. The monoisotopic (exact) mass is 511 g/mol. The lowest BCUT2D eigenvalue weighted by Crippen LogP contribution is -2.31. The van der Waals surface area contributed by atoms with Crippen molar-refractivity contribution in [3.63, 3.8) is 0 Å². The molecule has 1 atom stereocenters. The molecule has 4 rings (SSSR count). The fraction of sp³-hybridized carbons (Fsp3) is 0.208. The molecule has 1 aromatic carbocycles. The second-order valence-electron chi connectivity index (χ2n) is 7.97. The van der Waals surface area contributed by atoms with E-state index in [1.807, 2.05) is 0 Å². The van der Waals surface area contributed by atoms with Gasteiger partial charge in [0.15, 0.2) is 15.2 Å². The van der Waals surface area contributed by atoms with Crippen molar-refractivity contribution in [3.05, 3.63) is 84.1 Å².